The molecule has 0 saturated carbocycles. The summed E-state index contributed by atoms with van der Waals surface area (Å²) in [7, 11) is 0. The Balaban J connectivity index is 2.54. The summed E-state index contributed by atoms with van der Waals surface area (Å²) in [6.45, 7) is 0. The van der Waals surface area contributed by atoms with Crippen molar-refractivity contribution in [2.24, 2.45) is 0 Å². The molecule has 16 heavy (non-hydrogen) atoms. The van der Waals surface area contributed by atoms with E-state index in [1.807, 2.05) is 18.2 Å². The molecule has 1 nitrogen and oxygen atoms in total. The van der Waals surface area contributed by atoms with Crippen LogP contribution in [0.4, 0.5) is 0 Å². The normalized spacial score (nSPS) is 10.4. The summed E-state index contributed by atoms with van der Waals surface area (Å²) >= 11 is 17.8. The number of hydrogen-bond donors (Lipinski definition) is 0. The Hall–Kier alpha value is -0.760. The van der Waals surface area contributed by atoms with E-state index in [1.165, 1.54) is 0 Å². The maximum atomic E-state index is 6.13. The van der Waals surface area contributed by atoms with Crippen molar-refractivity contribution in [1.82, 2.24) is 4.98 Å². The first-order chi connectivity index (χ1) is 7.72. The number of pyridine rings is 1. The average molecular weight is 273 g/mol. The molecule has 4 heteroatoms. The molecule has 2 aromatic rings. The fourth-order valence-corrected chi connectivity index (χ4v) is 1.99. The molecule has 0 spiro atoms. The summed E-state index contributed by atoms with van der Waals surface area (Å²) in [5, 5.41) is 1.08. The molecular weight excluding hydrogens is 264 g/mol. The van der Waals surface area contributed by atoms with Gasteiger partial charge in [0.25, 0.3) is 0 Å². The second kappa shape index (κ2) is 5.05. The minimum absolute atomic E-state index is 0.430. The van der Waals surface area contributed by atoms with E-state index in [9.17, 15) is 0 Å². The summed E-state index contributed by atoms with van der Waals surface area (Å²) in [5.41, 5.74) is 2.74. The molecule has 0 atom stereocenters. The third-order valence-electron chi connectivity index (χ3n) is 2.21. The SMILES string of the molecule is ClCc1cncc(-c2cccc(Cl)c2Cl)c1. The van der Waals surface area contributed by atoms with E-state index in [0.717, 1.165) is 16.7 Å². The van der Waals surface area contributed by atoms with Crippen LogP contribution >= 0.6 is 34.8 Å². The predicted octanol–water partition coefficient (Wildman–Crippen LogP) is 4.79. The second-order valence-electron chi connectivity index (χ2n) is 3.32. The van der Waals surface area contributed by atoms with Crippen LogP contribution in [0.2, 0.25) is 10.0 Å². The number of hydrogen-bond acceptors (Lipinski definition) is 1. The van der Waals surface area contributed by atoms with Gasteiger partial charge in [-0.1, -0.05) is 35.3 Å². The van der Waals surface area contributed by atoms with Gasteiger partial charge in [0, 0.05) is 29.4 Å². The van der Waals surface area contributed by atoms with E-state index in [4.69, 9.17) is 34.8 Å². The van der Waals surface area contributed by atoms with Crippen LogP contribution in [-0.4, -0.2) is 4.98 Å². The van der Waals surface area contributed by atoms with Gasteiger partial charge < -0.3 is 0 Å². The predicted molar refractivity (Wildman–Crippen MR) is 69.3 cm³/mol. The van der Waals surface area contributed by atoms with Gasteiger partial charge in [0.1, 0.15) is 0 Å². The monoisotopic (exact) mass is 271 g/mol. The zero-order valence-corrected chi connectivity index (χ0v) is 10.5. The lowest BCUT2D eigenvalue weighted by atomic mass is 10.1. The van der Waals surface area contributed by atoms with Crippen LogP contribution in [0.5, 0.6) is 0 Å². The number of rotatable bonds is 2. The Labute approximate surface area is 109 Å². The van der Waals surface area contributed by atoms with Crippen molar-refractivity contribution < 1.29 is 0 Å². The number of benzene rings is 1. The topological polar surface area (TPSA) is 12.9 Å². The van der Waals surface area contributed by atoms with Crippen molar-refractivity contribution in [3.05, 3.63) is 52.3 Å². The van der Waals surface area contributed by atoms with Crippen LogP contribution in [-0.2, 0) is 5.88 Å². The van der Waals surface area contributed by atoms with Crippen LogP contribution in [0.15, 0.2) is 36.7 Å². The zero-order chi connectivity index (χ0) is 11.5. The summed E-state index contributed by atoms with van der Waals surface area (Å²) < 4.78 is 0. The lowest BCUT2D eigenvalue weighted by Gasteiger charge is -2.06. The second-order valence-corrected chi connectivity index (χ2v) is 4.37. The van der Waals surface area contributed by atoms with Crippen molar-refractivity contribution >= 4 is 34.8 Å². The highest BCUT2D eigenvalue weighted by atomic mass is 35.5. The summed E-state index contributed by atoms with van der Waals surface area (Å²) in [6.07, 6.45) is 3.47. The van der Waals surface area contributed by atoms with E-state index >= 15 is 0 Å². The number of aromatic nitrogens is 1. The highest BCUT2D eigenvalue weighted by molar-refractivity contribution is 6.43. The molecule has 2 rings (SSSR count). The smallest absolute Gasteiger partial charge is 0.0671 e. The van der Waals surface area contributed by atoms with Crippen LogP contribution in [0.3, 0.4) is 0 Å². The highest BCUT2D eigenvalue weighted by Crippen LogP contribution is 2.33. The lowest BCUT2D eigenvalue weighted by Crippen LogP contribution is -1.86. The summed E-state index contributed by atoms with van der Waals surface area (Å²) in [6, 6.07) is 7.48. The Morgan fingerprint density at radius 3 is 2.69 bits per heavy atom. The molecule has 0 bridgehead atoms. The molecule has 0 radical (unpaired) electrons. The highest BCUT2D eigenvalue weighted by Gasteiger charge is 2.07. The first kappa shape index (κ1) is 11.7. The van der Waals surface area contributed by atoms with Gasteiger partial charge in [0.15, 0.2) is 0 Å². The van der Waals surface area contributed by atoms with Crippen molar-refractivity contribution in [2.45, 2.75) is 5.88 Å². The Morgan fingerprint density at radius 2 is 1.94 bits per heavy atom. The lowest BCUT2D eigenvalue weighted by molar-refractivity contribution is 1.25. The molecule has 0 saturated heterocycles. The fraction of sp³-hybridized carbons (Fsp3) is 0.0833. The van der Waals surface area contributed by atoms with E-state index < -0.39 is 0 Å². The molecular formula is C12H8Cl3N. The third-order valence-corrected chi connectivity index (χ3v) is 3.34. The maximum absolute atomic E-state index is 6.13. The van der Waals surface area contributed by atoms with E-state index in [0.29, 0.717) is 15.9 Å². The summed E-state index contributed by atoms with van der Waals surface area (Å²) in [5.74, 6) is 0.430. The van der Waals surface area contributed by atoms with E-state index in [1.54, 1.807) is 18.5 Å². The molecule has 1 aromatic heterocycles. The summed E-state index contributed by atoms with van der Waals surface area (Å²) in [4.78, 5) is 4.12. The molecule has 82 valence electrons. The fourth-order valence-electron chi connectivity index (χ4n) is 1.43. The molecule has 0 fully saturated rings. The molecule has 0 aliphatic carbocycles. The Morgan fingerprint density at radius 1 is 1.12 bits per heavy atom. The molecule has 0 aliphatic rings. The van der Waals surface area contributed by atoms with Crippen LogP contribution in [0, 0.1) is 0 Å². The van der Waals surface area contributed by atoms with Gasteiger partial charge in [0.2, 0.25) is 0 Å². The largest absolute Gasteiger partial charge is 0.264 e. The minimum Gasteiger partial charge on any atom is -0.264 e. The van der Waals surface area contributed by atoms with E-state index in [-0.39, 0.29) is 0 Å². The average Bonchev–Trinajstić information content (AvgIpc) is 2.33. The molecule has 0 amide bonds. The van der Waals surface area contributed by atoms with Gasteiger partial charge in [-0.2, -0.15) is 0 Å². The van der Waals surface area contributed by atoms with Crippen molar-refractivity contribution in [1.29, 1.82) is 0 Å². The van der Waals surface area contributed by atoms with Crippen molar-refractivity contribution in [3.63, 3.8) is 0 Å². The molecule has 1 heterocycles. The Bertz CT molecular complexity index is 511. The third kappa shape index (κ3) is 2.32. The van der Waals surface area contributed by atoms with Crippen molar-refractivity contribution in [2.75, 3.05) is 0 Å². The molecule has 0 aliphatic heterocycles. The van der Waals surface area contributed by atoms with Gasteiger partial charge in [-0.15, -0.1) is 11.6 Å². The van der Waals surface area contributed by atoms with Crippen LogP contribution in [0.1, 0.15) is 5.56 Å². The van der Waals surface area contributed by atoms with Crippen LogP contribution in [0.25, 0.3) is 11.1 Å². The standard InChI is InChI=1S/C12H8Cl3N/c13-5-8-4-9(7-16-6-8)10-2-1-3-11(14)12(10)15/h1-4,6-7H,5H2. The molecule has 1 aromatic carbocycles. The minimum atomic E-state index is 0.430. The Kier molecular flexibility index (Phi) is 3.70. The number of halogens is 3. The molecule has 0 N–H and O–H groups in total. The van der Waals surface area contributed by atoms with E-state index in [2.05, 4.69) is 4.98 Å². The first-order valence-corrected chi connectivity index (χ1v) is 5.95. The van der Waals surface area contributed by atoms with Gasteiger partial charge in [-0.05, 0) is 17.7 Å². The quantitative estimate of drug-likeness (QED) is 0.716. The van der Waals surface area contributed by atoms with Gasteiger partial charge in [-0.25, -0.2) is 0 Å². The molecule has 0 unspecified atom stereocenters. The van der Waals surface area contributed by atoms with Gasteiger partial charge in [0.05, 0.1) is 10.0 Å². The number of nitrogens with zero attached hydrogens (tertiary/aromatic N) is 1. The van der Waals surface area contributed by atoms with Crippen LogP contribution < -0.4 is 0 Å². The first-order valence-electron chi connectivity index (χ1n) is 4.66. The van der Waals surface area contributed by atoms with Gasteiger partial charge >= 0.3 is 0 Å². The number of alkyl halides is 1. The van der Waals surface area contributed by atoms with Gasteiger partial charge in [-0.3, -0.25) is 4.98 Å². The maximum Gasteiger partial charge on any atom is 0.0671 e. The van der Waals surface area contributed by atoms with Crippen molar-refractivity contribution in [3.8, 4) is 11.1 Å². The zero-order valence-electron chi connectivity index (χ0n) is 8.25.